The molecule has 1 aromatic carbocycles. The Kier molecular flexibility index (Phi) is 4.32. The molecular formula is C14H16F2N2O2. The molecule has 2 rings (SSSR count). The Morgan fingerprint density at radius 3 is 2.25 bits per heavy atom. The van der Waals surface area contributed by atoms with Gasteiger partial charge in [0.1, 0.15) is 23.9 Å². The number of carbonyl (C=O) groups excluding carboxylic acids is 2. The topological polar surface area (TPSA) is 40.6 Å². The molecule has 6 heteroatoms. The van der Waals surface area contributed by atoms with Crippen molar-refractivity contribution in [3.8, 4) is 0 Å². The molecule has 1 aliphatic heterocycles. The Morgan fingerprint density at radius 1 is 1.20 bits per heavy atom. The lowest BCUT2D eigenvalue weighted by Gasteiger charge is -2.24. The second-order valence-electron chi connectivity index (χ2n) is 4.76. The summed E-state index contributed by atoms with van der Waals surface area (Å²) in [6.45, 7) is 2.10. The molecule has 1 heterocycles. The van der Waals surface area contributed by atoms with Gasteiger partial charge in [0.05, 0.1) is 0 Å². The van der Waals surface area contributed by atoms with Crippen LogP contribution in [-0.2, 0) is 9.59 Å². The molecule has 0 N–H and O–H groups in total. The zero-order valence-corrected chi connectivity index (χ0v) is 11.2. The predicted molar refractivity (Wildman–Crippen MR) is 70.2 cm³/mol. The molecule has 2 amide bonds. The lowest BCUT2D eigenvalue weighted by molar-refractivity contribution is -0.130. The third kappa shape index (κ3) is 2.95. The first-order chi connectivity index (χ1) is 9.50. The van der Waals surface area contributed by atoms with E-state index < -0.39 is 23.2 Å². The number of para-hydroxylation sites is 1. The Morgan fingerprint density at radius 2 is 1.75 bits per heavy atom. The lowest BCUT2D eigenvalue weighted by atomic mass is 10.2. The van der Waals surface area contributed by atoms with Crippen molar-refractivity contribution in [2.45, 2.75) is 19.8 Å². The van der Waals surface area contributed by atoms with Crippen LogP contribution < -0.4 is 4.90 Å². The molecule has 1 saturated heterocycles. The van der Waals surface area contributed by atoms with E-state index in [2.05, 4.69) is 0 Å². The molecule has 0 atom stereocenters. The molecule has 0 aliphatic carbocycles. The van der Waals surface area contributed by atoms with Crippen LogP contribution in [0.5, 0.6) is 0 Å². The summed E-state index contributed by atoms with van der Waals surface area (Å²) in [6.07, 6.45) is 1.83. The molecule has 0 saturated carbocycles. The average Bonchev–Trinajstić information content (AvgIpc) is 2.90. The van der Waals surface area contributed by atoms with Crippen molar-refractivity contribution < 1.29 is 18.4 Å². The summed E-state index contributed by atoms with van der Waals surface area (Å²) in [5, 5.41) is 0. The van der Waals surface area contributed by atoms with Gasteiger partial charge < -0.3 is 4.90 Å². The molecule has 0 aromatic heterocycles. The minimum absolute atomic E-state index is 0.291. The summed E-state index contributed by atoms with van der Waals surface area (Å²) in [7, 11) is 0. The van der Waals surface area contributed by atoms with Crippen LogP contribution in [0.4, 0.5) is 14.5 Å². The fraction of sp³-hybridized carbons (Fsp3) is 0.429. The maximum Gasteiger partial charge on any atom is 0.242 e. The number of likely N-dealkylation sites (tertiary alicyclic amines) is 1. The van der Waals surface area contributed by atoms with E-state index in [0.29, 0.717) is 13.1 Å². The standard InChI is InChI=1S/C14H16F2N2O2/c1-10(19)18(9-13(20)17-7-2-3-8-17)14-11(15)5-4-6-12(14)16/h4-6H,2-3,7-9H2,1H3. The molecule has 1 aromatic rings. The average molecular weight is 282 g/mol. The molecule has 20 heavy (non-hydrogen) atoms. The van der Waals surface area contributed by atoms with E-state index in [1.54, 1.807) is 4.90 Å². The Labute approximate surface area is 116 Å². The molecule has 0 bridgehead atoms. The van der Waals surface area contributed by atoms with Crippen molar-refractivity contribution in [2.75, 3.05) is 24.5 Å². The number of hydrogen-bond donors (Lipinski definition) is 0. The summed E-state index contributed by atoms with van der Waals surface area (Å²) in [5.41, 5.74) is -0.465. The van der Waals surface area contributed by atoms with Crippen LogP contribution in [0.15, 0.2) is 18.2 Å². The van der Waals surface area contributed by atoms with E-state index in [9.17, 15) is 18.4 Å². The van der Waals surface area contributed by atoms with Gasteiger partial charge in [0, 0.05) is 20.0 Å². The van der Waals surface area contributed by atoms with Crippen LogP contribution in [0.2, 0.25) is 0 Å². The number of carbonyl (C=O) groups is 2. The molecule has 1 fully saturated rings. The third-order valence-corrected chi connectivity index (χ3v) is 3.34. The Hall–Kier alpha value is -1.98. The van der Waals surface area contributed by atoms with Gasteiger partial charge in [-0.25, -0.2) is 8.78 Å². The predicted octanol–water partition coefficient (Wildman–Crippen LogP) is 1.94. The van der Waals surface area contributed by atoms with Crippen LogP contribution in [0, 0.1) is 11.6 Å². The first kappa shape index (κ1) is 14.4. The van der Waals surface area contributed by atoms with Crippen molar-refractivity contribution in [2.24, 2.45) is 0 Å². The highest BCUT2D eigenvalue weighted by atomic mass is 19.1. The zero-order chi connectivity index (χ0) is 14.7. The largest absolute Gasteiger partial charge is 0.341 e. The smallest absolute Gasteiger partial charge is 0.242 e. The monoisotopic (exact) mass is 282 g/mol. The summed E-state index contributed by atoms with van der Waals surface area (Å²) >= 11 is 0. The molecule has 4 nitrogen and oxygen atoms in total. The first-order valence-electron chi connectivity index (χ1n) is 6.50. The van der Waals surface area contributed by atoms with Gasteiger partial charge in [0.15, 0.2) is 0 Å². The maximum absolute atomic E-state index is 13.7. The van der Waals surface area contributed by atoms with Gasteiger partial charge in [-0.3, -0.25) is 14.5 Å². The van der Waals surface area contributed by atoms with Gasteiger partial charge in [-0.1, -0.05) is 6.07 Å². The highest BCUT2D eigenvalue weighted by Crippen LogP contribution is 2.23. The van der Waals surface area contributed by atoms with E-state index in [0.717, 1.165) is 29.9 Å². The van der Waals surface area contributed by atoms with Crippen molar-refractivity contribution >= 4 is 17.5 Å². The van der Waals surface area contributed by atoms with Crippen molar-refractivity contribution in [1.82, 2.24) is 4.90 Å². The summed E-state index contributed by atoms with van der Waals surface area (Å²) in [6, 6.07) is 3.35. The molecular weight excluding hydrogens is 266 g/mol. The van der Waals surface area contributed by atoms with E-state index in [1.165, 1.54) is 13.0 Å². The van der Waals surface area contributed by atoms with Crippen LogP contribution in [-0.4, -0.2) is 36.3 Å². The number of amides is 2. The fourth-order valence-corrected chi connectivity index (χ4v) is 2.30. The van der Waals surface area contributed by atoms with Crippen LogP contribution in [0.25, 0.3) is 0 Å². The molecule has 0 spiro atoms. The van der Waals surface area contributed by atoms with Crippen LogP contribution >= 0.6 is 0 Å². The van der Waals surface area contributed by atoms with Gasteiger partial charge in [0.2, 0.25) is 11.8 Å². The van der Waals surface area contributed by atoms with Gasteiger partial charge in [-0.15, -0.1) is 0 Å². The normalized spacial score (nSPS) is 14.4. The number of benzene rings is 1. The Balaban J connectivity index is 2.23. The van der Waals surface area contributed by atoms with E-state index in [4.69, 9.17) is 0 Å². The summed E-state index contributed by atoms with van der Waals surface area (Å²) in [4.78, 5) is 26.1. The fourth-order valence-electron chi connectivity index (χ4n) is 2.30. The van der Waals surface area contributed by atoms with Gasteiger partial charge >= 0.3 is 0 Å². The molecule has 0 unspecified atom stereocenters. The van der Waals surface area contributed by atoms with Gasteiger partial charge in [-0.05, 0) is 25.0 Å². The first-order valence-corrected chi connectivity index (χ1v) is 6.50. The molecule has 108 valence electrons. The lowest BCUT2D eigenvalue weighted by Crippen LogP contribution is -2.42. The highest BCUT2D eigenvalue weighted by molar-refractivity contribution is 5.97. The second kappa shape index (κ2) is 5.98. The Bertz CT molecular complexity index is 508. The molecule has 1 aliphatic rings. The maximum atomic E-state index is 13.7. The van der Waals surface area contributed by atoms with E-state index in [-0.39, 0.29) is 12.5 Å². The SMILES string of the molecule is CC(=O)N(CC(=O)N1CCCC1)c1c(F)cccc1F. The van der Waals surface area contributed by atoms with Gasteiger partial charge in [-0.2, -0.15) is 0 Å². The van der Waals surface area contributed by atoms with Crippen molar-refractivity contribution in [1.29, 1.82) is 0 Å². The minimum Gasteiger partial charge on any atom is -0.341 e. The summed E-state index contributed by atoms with van der Waals surface area (Å²) in [5.74, 6) is -2.56. The summed E-state index contributed by atoms with van der Waals surface area (Å²) < 4.78 is 27.5. The van der Waals surface area contributed by atoms with Crippen molar-refractivity contribution in [3.05, 3.63) is 29.8 Å². The highest BCUT2D eigenvalue weighted by Gasteiger charge is 2.26. The third-order valence-electron chi connectivity index (χ3n) is 3.34. The van der Waals surface area contributed by atoms with Crippen LogP contribution in [0.3, 0.4) is 0 Å². The van der Waals surface area contributed by atoms with Crippen molar-refractivity contribution in [3.63, 3.8) is 0 Å². The van der Waals surface area contributed by atoms with Gasteiger partial charge in [0.25, 0.3) is 0 Å². The minimum atomic E-state index is -0.852. The second-order valence-corrected chi connectivity index (χ2v) is 4.76. The quantitative estimate of drug-likeness (QED) is 0.850. The van der Waals surface area contributed by atoms with E-state index in [1.807, 2.05) is 0 Å². The van der Waals surface area contributed by atoms with E-state index >= 15 is 0 Å². The number of halogens is 2. The number of rotatable bonds is 3. The number of hydrogen-bond acceptors (Lipinski definition) is 2. The number of anilines is 1. The van der Waals surface area contributed by atoms with Crippen LogP contribution in [0.1, 0.15) is 19.8 Å². The molecule has 0 radical (unpaired) electrons. The number of nitrogens with zero attached hydrogens (tertiary/aromatic N) is 2. The zero-order valence-electron chi connectivity index (χ0n) is 11.2.